The number of esters is 1. The molecule has 2 aromatic carbocycles. The minimum Gasteiger partial charge on any atom is -0.460 e. The van der Waals surface area contributed by atoms with Crippen LogP contribution in [0.5, 0.6) is 0 Å². The van der Waals surface area contributed by atoms with Crippen LogP contribution in [0.4, 0.5) is 4.39 Å². The first-order chi connectivity index (χ1) is 18.7. The minimum atomic E-state index is -0.680. The predicted molar refractivity (Wildman–Crippen MR) is 148 cm³/mol. The second-order valence-electron chi connectivity index (χ2n) is 9.47. The Labute approximate surface area is 226 Å². The van der Waals surface area contributed by atoms with Crippen LogP contribution in [-0.2, 0) is 11.3 Å². The maximum Gasteiger partial charge on any atom is 0.355 e. The second kappa shape index (κ2) is 10.5. The molecule has 0 aliphatic rings. The third kappa shape index (κ3) is 4.96. The molecule has 0 aliphatic heterocycles. The van der Waals surface area contributed by atoms with Crippen LogP contribution in [0.1, 0.15) is 21.6 Å². The Bertz CT molecular complexity index is 1860. The average molecular weight is 550 g/mol. The summed E-state index contributed by atoms with van der Waals surface area (Å²) in [6.07, 6.45) is 2.78. The smallest absolute Gasteiger partial charge is 0.355 e. The van der Waals surface area contributed by atoms with E-state index in [0.717, 1.165) is 0 Å². The Morgan fingerprint density at radius 1 is 1.13 bits per heavy atom. The monoisotopic (exact) mass is 549 g/mol. The third-order valence-electron chi connectivity index (χ3n) is 6.53. The van der Waals surface area contributed by atoms with Crippen molar-refractivity contribution in [3.8, 4) is 11.1 Å². The number of halogens is 2. The Kier molecular flexibility index (Phi) is 7.07. The molecule has 5 aromatic rings. The van der Waals surface area contributed by atoms with Gasteiger partial charge in [0.15, 0.2) is 0 Å². The zero-order valence-corrected chi connectivity index (χ0v) is 22.2. The number of hydrogen-bond acceptors (Lipinski definition) is 6. The first-order valence-electron chi connectivity index (χ1n) is 12.1. The molecule has 0 unspecified atom stereocenters. The van der Waals surface area contributed by atoms with Gasteiger partial charge in [-0.15, -0.1) is 0 Å². The number of aryl methyl sites for hydroxylation is 1. The fraction of sp³-hybridized carbons (Fsp3) is 0.214. The SMILES string of the molecule is Cc1cc2c(-c3ccc[nH]c3=O)c(C(=O)OCCN(C)C)n(Cc3cc4c(=O)[nH]cnc4cc3Cl)c2cc1F. The van der Waals surface area contributed by atoms with Crippen LogP contribution in [0, 0.1) is 12.7 Å². The molecule has 0 radical (unpaired) electrons. The number of benzene rings is 2. The number of likely N-dealkylation sites (N-methyl/N-ethyl adjacent to an activating group) is 1. The average Bonchev–Trinajstić information content (AvgIpc) is 3.18. The summed E-state index contributed by atoms with van der Waals surface area (Å²) in [7, 11) is 3.70. The highest BCUT2D eigenvalue weighted by molar-refractivity contribution is 6.32. The van der Waals surface area contributed by atoms with E-state index in [1.807, 2.05) is 19.0 Å². The van der Waals surface area contributed by atoms with Crippen LogP contribution in [-0.4, -0.2) is 57.6 Å². The minimum absolute atomic E-state index is 0.00897. The molecule has 0 atom stereocenters. The van der Waals surface area contributed by atoms with Crippen LogP contribution in [0.2, 0.25) is 5.02 Å². The van der Waals surface area contributed by atoms with E-state index in [2.05, 4.69) is 15.0 Å². The van der Waals surface area contributed by atoms with Crippen molar-refractivity contribution < 1.29 is 13.9 Å². The Morgan fingerprint density at radius 2 is 1.92 bits per heavy atom. The molecule has 0 bridgehead atoms. The number of pyridine rings is 1. The number of nitrogens with one attached hydrogen (secondary N) is 2. The molecular formula is C28H25ClFN5O4. The first-order valence-corrected chi connectivity index (χ1v) is 12.5. The van der Waals surface area contributed by atoms with Gasteiger partial charge in [0.1, 0.15) is 18.1 Å². The van der Waals surface area contributed by atoms with Crippen molar-refractivity contribution in [1.29, 1.82) is 0 Å². The van der Waals surface area contributed by atoms with Gasteiger partial charge < -0.3 is 24.2 Å². The molecule has 9 nitrogen and oxygen atoms in total. The van der Waals surface area contributed by atoms with E-state index in [1.54, 1.807) is 41.8 Å². The lowest BCUT2D eigenvalue weighted by Crippen LogP contribution is -2.22. The molecule has 11 heteroatoms. The second-order valence-corrected chi connectivity index (χ2v) is 9.88. The Hall–Kier alpha value is -4.28. The molecule has 0 aliphatic carbocycles. The lowest BCUT2D eigenvalue weighted by molar-refractivity contribution is 0.0471. The number of aromatic amines is 2. The number of rotatable bonds is 7. The number of carbonyl (C=O) groups excluding carboxylic acids is 1. The van der Waals surface area contributed by atoms with Gasteiger partial charge in [-0.05, 0) is 68.5 Å². The van der Waals surface area contributed by atoms with Crippen molar-refractivity contribution in [1.82, 2.24) is 24.4 Å². The molecule has 2 N–H and O–H groups in total. The highest BCUT2D eigenvalue weighted by Crippen LogP contribution is 2.37. The van der Waals surface area contributed by atoms with Crippen molar-refractivity contribution in [2.45, 2.75) is 13.5 Å². The van der Waals surface area contributed by atoms with Gasteiger partial charge in [-0.3, -0.25) is 9.59 Å². The van der Waals surface area contributed by atoms with Crippen molar-refractivity contribution in [2.24, 2.45) is 0 Å². The topological polar surface area (TPSA) is 113 Å². The van der Waals surface area contributed by atoms with Crippen molar-refractivity contribution in [3.63, 3.8) is 0 Å². The maximum atomic E-state index is 14.9. The maximum absolute atomic E-state index is 14.9. The number of nitrogens with zero attached hydrogens (tertiary/aromatic N) is 3. The molecule has 0 spiro atoms. The van der Waals surface area contributed by atoms with Crippen molar-refractivity contribution in [3.05, 3.63) is 97.3 Å². The highest BCUT2D eigenvalue weighted by atomic mass is 35.5. The van der Waals surface area contributed by atoms with Crippen LogP contribution in [0.15, 0.2) is 58.5 Å². The van der Waals surface area contributed by atoms with E-state index >= 15 is 0 Å². The van der Waals surface area contributed by atoms with Gasteiger partial charge in [-0.2, -0.15) is 0 Å². The molecule has 0 saturated heterocycles. The molecular weight excluding hydrogens is 525 g/mol. The summed E-state index contributed by atoms with van der Waals surface area (Å²) in [5.41, 5.74) is 1.48. The molecule has 0 amide bonds. The van der Waals surface area contributed by atoms with E-state index in [4.69, 9.17) is 16.3 Å². The number of ether oxygens (including phenoxy) is 1. The zero-order valence-electron chi connectivity index (χ0n) is 21.5. The summed E-state index contributed by atoms with van der Waals surface area (Å²) in [6, 6.07) is 9.34. The van der Waals surface area contributed by atoms with E-state index in [9.17, 15) is 18.8 Å². The summed E-state index contributed by atoms with van der Waals surface area (Å²) >= 11 is 6.60. The largest absolute Gasteiger partial charge is 0.460 e. The normalized spacial score (nSPS) is 11.5. The Balaban J connectivity index is 1.80. The number of H-pyrrole nitrogens is 2. The Morgan fingerprint density at radius 3 is 2.67 bits per heavy atom. The summed E-state index contributed by atoms with van der Waals surface area (Å²) in [4.78, 5) is 50.3. The van der Waals surface area contributed by atoms with Gasteiger partial charge in [-0.1, -0.05) is 11.6 Å². The van der Waals surface area contributed by atoms with Gasteiger partial charge in [0.25, 0.3) is 11.1 Å². The van der Waals surface area contributed by atoms with E-state index < -0.39 is 17.3 Å². The third-order valence-corrected chi connectivity index (χ3v) is 6.89. The fourth-order valence-electron chi connectivity index (χ4n) is 4.56. The van der Waals surface area contributed by atoms with Gasteiger partial charge in [0.05, 0.1) is 22.7 Å². The van der Waals surface area contributed by atoms with E-state index in [-0.39, 0.29) is 30.0 Å². The van der Waals surface area contributed by atoms with Crippen LogP contribution in [0.25, 0.3) is 32.9 Å². The lowest BCUT2D eigenvalue weighted by Gasteiger charge is -2.15. The standard InChI is InChI=1S/C28H25ClFN5O4/c1-15-9-19-23(12-21(15)30)35(13-16-10-18-22(11-20(16)29)32-14-33-27(18)37)25(28(38)39-8-7-34(2)3)24(19)17-5-4-6-31-26(17)36/h4-6,9-12,14H,7-8,13H2,1-3H3,(H,31,36)(H,32,33,37). The van der Waals surface area contributed by atoms with Gasteiger partial charge in [0, 0.05) is 40.8 Å². The number of aromatic nitrogens is 4. The van der Waals surface area contributed by atoms with Crippen molar-refractivity contribution >= 4 is 39.4 Å². The van der Waals surface area contributed by atoms with Crippen LogP contribution < -0.4 is 11.1 Å². The van der Waals surface area contributed by atoms with Gasteiger partial charge in [-0.25, -0.2) is 14.2 Å². The quantitative estimate of drug-likeness (QED) is 0.296. The zero-order chi connectivity index (χ0) is 27.8. The molecule has 3 heterocycles. The van der Waals surface area contributed by atoms with E-state index in [1.165, 1.54) is 18.6 Å². The summed E-state index contributed by atoms with van der Waals surface area (Å²) < 4.78 is 22.1. The highest BCUT2D eigenvalue weighted by Gasteiger charge is 2.28. The van der Waals surface area contributed by atoms with Crippen LogP contribution in [0.3, 0.4) is 0 Å². The summed E-state index contributed by atoms with van der Waals surface area (Å²) in [5, 5.41) is 1.12. The lowest BCUT2D eigenvalue weighted by atomic mass is 10.0. The number of hydrogen-bond donors (Lipinski definition) is 2. The van der Waals surface area contributed by atoms with Crippen molar-refractivity contribution in [2.75, 3.05) is 27.2 Å². The molecule has 0 saturated carbocycles. The number of carbonyl (C=O) groups is 1. The van der Waals surface area contributed by atoms with E-state index in [0.29, 0.717) is 50.1 Å². The number of fused-ring (bicyclic) bond motifs is 2. The first kappa shape index (κ1) is 26.3. The summed E-state index contributed by atoms with van der Waals surface area (Å²) in [6.45, 7) is 2.18. The van der Waals surface area contributed by atoms with Gasteiger partial charge in [0.2, 0.25) is 0 Å². The molecule has 39 heavy (non-hydrogen) atoms. The van der Waals surface area contributed by atoms with Crippen LogP contribution >= 0.6 is 11.6 Å². The molecule has 0 fully saturated rings. The molecule has 200 valence electrons. The molecule has 5 rings (SSSR count). The fourth-order valence-corrected chi connectivity index (χ4v) is 4.78. The molecule has 3 aromatic heterocycles. The summed E-state index contributed by atoms with van der Waals surface area (Å²) in [5.74, 6) is -1.16. The predicted octanol–water partition coefficient (Wildman–Crippen LogP) is 4.10. The van der Waals surface area contributed by atoms with Gasteiger partial charge >= 0.3 is 5.97 Å².